The van der Waals surface area contributed by atoms with Crippen molar-refractivity contribution < 1.29 is 18.0 Å². The van der Waals surface area contributed by atoms with Crippen molar-refractivity contribution in [3.8, 4) is 11.3 Å². The van der Waals surface area contributed by atoms with Crippen LogP contribution in [0.4, 0.5) is 18.9 Å². The van der Waals surface area contributed by atoms with Crippen LogP contribution in [0.3, 0.4) is 0 Å². The van der Waals surface area contributed by atoms with Crippen molar-refractivity contribution in [2.45, 2.75) is 6.18 Å². The summed E-state index contributed by atoms with van der Waals surface area (Å²) >= 11 is 0. The maximum atomic E-state index is 12.5. The Morgan fingerprint density at radius 1 is 1.08 bits per heavy atom. The number of amides is 1. The first-order chi connectivity index (χ1) is 12.3. The summed E-state index contributed by atoms with van der Waals surface area (Å²) in [6.07, 6.45) is -2.60. The lowest BCUT2D eigenvalue weighted by atomic mass is 10.1. The smallest absolute Gasteiger partial charge is 0.399 e. The Balaban J connectivity index is 1.62. The van der Waals surface area contributed by atoms with Crippen LogP contribution in [0.25, 0.3) is 11.3 Å². The Morgan fingerprint density at radius 3 is 2.31 bits per heavy atom. The fraction of sp³-hybridized carbons (Fsp3) is 0.333. The molecule has 0 bridgehead atoms. The number of rotatable bonds is 3. The summed E-state index contributed by atoms with van der Waals surface area (Å²) in [6.45, 7) is 0.0743. The third-order valence-corrected chi connectivity index (χ3v) is 4.27. The van der Waals surface area contributed by atoms with E-state index in [0.29, 0.717) is 16.9 Å². The quantitative estimate of drug-likeness (QED) is 0.910. The first-order valence-corrected chi connectivity index (χ1v) is 8.22. The number of hydrogen-bond donors (Lipinski definition) is 1. The van der Waals surface area contributed by atoms with E-state index in [2.05, 4.69) is 4.98 Å². The zero-order chi connectivity index (χ0) is 18.7. The van der Waals surface area contributed by atoms with Crippen LogP contribution in [0.15, 0.2) is 42.6 Å². The molecule has 1 aromatic carbocycles. The van der Waals surface area contributed by atoms with E-state index in [4.69, 9.17) is 5.73 Å². The molecular weight excluding hydrogens is 345 g/mol. The van der Waals surface area contributed by atoms with Gasteiger partial charge in [-0.05, 0) is 24.3 Å². The van der Waals surface area contributed by atoms with Gasteiger partial charge in [-0.2, -0.15) is 13.2 Å². The van der Waals surface area contributed by atoms with Gasteiger partial charge < -0.3 is 10.6 Å². The highest BCUT2D eigenvalue weighted by atomic mass is 19.4. The van der Waals surface area contributed by atoms with Gasteiger partial charge >= 0.3 is 6.18 Å². The Bertz CT molecular complexity index is 769. The summed E-state index contributed by atoms with van der Waals surface area (Å²) in [6, 6.07) is 10.4. The number of benzene rings is 1. The minimum absolute atomic E-state index is 0.177. The molecule has 0 spiro atoms. The van der Waals surface area contributed by atoms with Gasteiger partial charge in [0, 0.05) is 49.2 Å². The summed E-state index contributed by atoms with van der Waals surface area (Å²) in [7, 11) is 0. The largest absolute Gasteiger partial charge is 0.401 e. The summed E-state index contributed by atoms with van der Waals surface area (Å²) in [5.41, 5.74) is 8.40. The monoisotopic (exact) mass is 364 g/mol. The van der Waals surface area contributed by atoms with Gasteiger partial charge in [-0.3, -0.25) is 14.7 Å². The van der Waals surface area contributed by atoms with Gasteiger partial charge in [-0.15, -0.1) is 0 Å². The number of carbonyl (C=O) groups excluding carboxylic acids is 1. The van der Waals surface area contributed by atoms with E-state index in [0.717, 1.165) is 5.56 Å². The number of anilines is 1. The number of pyridine rings is 1. The molecule has 1 aromatic heterocycles. The van der Waals surface area contributed by atoms with Crippen molar-refractivity contribution >= 4 is 11.6 Å². The summed E-state index contributed by atoms with van der Waals surface area (Å²) in [5, 5.41) is 0. The van der Waals surface area contributed by atoms with E-state index in [1.54, 1.807) is 47.5 Å². The number of alkyl halides is 3. The third-order valence-electron chi connectivity index (χ3n) is 4.27. The van der Waals surface area contributed by atoms with Crippen molar-refractivity contribution in [3.05, 3.63) is 48.2 Å². The minimum Gasteiger partial charge on any atom is -0.399 e. The second-order valence-corrected chi connectivity index (χ2v) is 6.24. The van der Waals surface area contributed by atoms with Crippen molar-refractivity contribution in [2.24, 2.45) is 0 Å². The van der Waals surface area contributed by atoms with Crippen molar-refractivity contribution in [3.63, 3.8) is 0 Å². The second kappa shape index (κ2) is 7.33. The molecule has 0 unspecified atom stereocenters. The topological polar surface area (TPSA) is 62.5 Å². The Morgan fingerprint density at radius 2 is 1.73 bits per heavy atom. The van der Waals surface area contributed by atoms with Crippen LogP contribution in [0.1, 0.15) is 10.4 Å². The molecule has 1 amide bonds. The van der Waals surface area contributed by atoms with E-state index < -0.39 is 12.7 Å². The lowest BCUT2D eigenvalue weighted by molar-refractivity contribution is -0.148. The first kappa shape index (κ1) is 18.2. The molecule has 1 aliphatic rings. The predicted molar refractivity (Wildman–Crippen MR) is 92.5 cm³/mol. The number of nitrogens with two attached hydrogens (primary N) is 1. The highest BCUT2D eigenvalue weighted by molar-refractivity contribution is 5.94. The average molecular weight is 364 g/mol. The van der Waals surface area contributed by atoms with Crippen molar-refractivity contribution in [1.82, 2.24) is 14.8 Å². The van der Waals surface area contributed by atoms with E-state index in [-0.39, 0.29) is 32.1 Å². The molecule has 0 saturated carbocycles. The Labute approximate surface area is 149 Å². The van der Waals surface area contributed by atoms with Crippen molar-refractivity contribution in [1.29, 1.82) is 0 Å². The molecule has 26 heavy (non-hydrogen) atoms. The number of carbonyl (C=O) groups is 1. The Kier molecular flexibility index (Phi) is 5.13. The van der Waals surface area contributed by atoms with E-state index in [1.807, 2.05) is 0 Å². The van der Waals surface area contributed by atoms with Gasteiger partial charge in [0.25, 0.3) is 5.91 Å². The predicted octanol–water partition coefficient (Wildman–Crippen LogP) is 2.65. The summed E-state index contributed by atoms with van der Waals surface area (Å²) in [5.74, 6) is -0.177. The maximum Gasteiger partial charge on any atom is 0.401 e. The number of hydrogen-bond acceptors (Lipinski definition) is 4. The molecule has 2 heterocycles. The fourth-order valence-electron chi connectivity index (χ4n) is 2.93. The third kappa shape index (κ3) is 4.51. The molecular formula is C18H19F3N4O. The highest BCUT2D eigenvalue weighted by Crippen LogP contribution is 2.21. The van der Waals surface area contributed by atoms with E-state index in [9.17, 15) is 18.0 Å². The fourth-order valence-corrected chi connectivity index (χ4v) is 2.93. The number of aromatic nitrogens is 1. The first-order valence-electron chi connectivity index (χ1n) is 8.22. The summed E-state index contributed by atoms with van der Waals surface area (Å²) < 4.78 is 37.3. The molecule has 138 valence electrons. The molecule has 2 N–H and O–H groups in total. The normalized spacial score (nSPS) is 15.9. The molecule has 3 rings (SSSR count). The van der Waals surface area contributed by atoms with Gasteiger partial charge in [0.1, 0.15) is 0 Å². The van der Waals surface area contributed by atoms with E-state index in [1.165, 1.54) is 4.90 Å². The number of halogens is 3. The molecule has 1 aliphatic heterocycles. The number of nitrogens with zero attached hydrogens (tertiary/aromatic N) is 3. The van der Waals surface area contributed by atoms with Gasteiger partial charge in [0.15, 0.2) is 0 Å². The minimum atomic E-state index is -4.21. The molecule has 1 saturated heterocycles. The van der Waals surface area contributed by atoms with Crippen LogP contribution in [-0.4, -0.2) is 59.6 Å². The van der Waals surface area contributed by atoms with Crippen LogP contribution >= 0.6 is 0 Å². The lowest BCUT2D eigenvalue weighted by Crippen LogP contribution is -2.50. The lowest BCUT2D eigenvalue weighted by Gasteiger charge is -2.35. The Hall–Kier alpha value is -2.61. The molecule has 8 heteroatoms. The molecule has 1 fully saturated rings. The second-order valence-electron chi connectivity index (χ2n) is 6.24. The van der Waals surface area contributed by atoms with Crippen LogP contribution in [-0.2, 0) is 0 Å². The zero-order valence-electron chi connectivity index (χ0n) is 14.0. The summed E-state index contributed by atoms with van der Waals surface area (Å²) in [4.78, 5) is 19.7. The number of nitrogen functional groups attached to an aromatic ring is 1. The molecule has 0 aliphatic carbocycles. The SMILES string of the molecule is Nc1ccnc(-c2ccc(C(=O)N3CCN(CC(F)(F)F)CC3)cc2)c1. The average Bonchev–Trinajstić information content (AvgIpc) is 2.61. The van der Waals surface area contributed by atoms with Crippen LogP contribution < -0.4 is 5.73 Å². The van der Waals surface area contributed by atoms with Crippen molar-refractivity contribution in [2.75, 3.05) is 38.5 Å². The molecule has 0 atom stereocenters. The maximum absolute atomic E-state index is 12.5. The standard InChI is InChI=1S/C18H19F3N4O/c19-18(20,21)12-24-7-9-25(10-8-24)17(26)14-3-1-13(2-4-14)16-11-15(22)5-6-23-16/h1-6,11H,7-10,12H2,(H2,22,23). The number of piperazine rings is 1. The highest BCUT2D eigenvalue weighted by Gasteiger charge is 2.32. The van der Waals surface area contributed by atoms with Gasteiger partial charge in [0.2, 0.25) is 0 Å². The zero-order valence-corrected chi connectivity index (χ0v) is 14.0. The van der Waals surface area contributed by atoms with Crippen LogP contribution in [0.2, 0.25) is 0 Å². The van der Waals surface area contributed by atoms with Crippen LogP contribution in [0, 0.1) is 0 Å². The van der Waals surface area contributed by atoms with Crippen LogP contribution in [0.5, 0.6) is 0 Å². The van der Waals surface area contributed by atoms with Gasteiger partial charge in [0.05, 0.1) is 12.2 Å². The molecule has 0 radical (unpaired) electrons. The molecule has 5 nitrogen and oxygen atoms in total. The van der Waals surface area contributed by atoms with E-state index >= 15 is 0 Å². The van der Waals surface area contributed by atoms with Gasteiger partial charge in [-0.25, -0.2) is 0 Å². The van der Waals surface area contributed by atoms with Gasteiger partial charge in [-0.1, -0.05) is 12.1 Å². The molecule has 2 aromatic rings.